The Bertz CT molecular complexity index is 647. The third kappa shape index (κ3) is 2.49. The van der Waals surface area contributed by atoms with E-state index in [1.54, 1.807) is 31.2 Å². The number of nitrogens with zero attached hydrogens (tertiary/aromatic N) is 1. The lowest BCUT2D eigenvalue weighted by molar-refractivity contribution is 0.594. The lowest BCUT2D eigenvalue weighted by atomic mass is 10.2. The number of H-pyrrole nitrogens is 1. The van der Waals surface area contributed by atoms with Gasteiger partial charge in [-0.05, 0) is 31.2 Å². The van der Waals surface area contributed by atoms with Crippen molar-refractivity contribution in [2.75, 3.05) is 0 Å². The standard InChI is InChI=1S/C10H10ClN3O2S/c1-6-10(17(12,15)16)14-9(13-6)7-2-4-8(11)5-3-7/h2-5H,1H3,(H,13,14)(H2,12,15,16). The van der Waals surface area contributed by atoms with Gasteiger partial charge in [0.05, 0.1) is 5.69 Å². The predicted molar refractivity (Wildman–Crippen MR) is 65.1 cm³/mol. The first-order valence-electron chi connectivity index (χ1n) is 4.73. The molecular weight excluding hydrogens is 262 g/mol. The molecule has 0 spiro atoms. The highest BCUT2D eigenvalue weighted by Gasteiger charge is 2.17. The van der Waals surface area contributed by atoms with Crippen LogP contribution in [0.15, 0.2) is 29.3 Å². The fourth-order valence-electron chi connectivity index (χ4n) is 1.47. The molecule has 0 bridgehead atoms. The molecule has 90 valence electrons. The van der Waals surface area contributed by atoms with Gasteiger partial charge in [0.1, 0.15) is 5.82 Å². The second-order valence-electron chi connectivity index (χ2n) is 3.57. The lowest BCUT2D eigenvalue weighted by Crippen LogP contribution is -2.13. The van der Waals surface area contributed by atoms with E-state index in [2.05, 4.69) is 9.97 Å². The van der Waals surface area contributed by atoms with Crippen LogP contribution >= 0.6 is 11.6 Å². The average Bonchev–Trinajstić information content (AvgIpc) is 2.61. The summed E-state index contributed by atoms with van der Waals surface area (Å²) in [5, 5.41) is 5.51. The number of halogens is 1. The van der Waals surface area contributed by atoms with Crippen molar-refractivity contribution < 1.29 is 8.42 Å². The van der Waals surface area contributed by atoms with Gasteiger partial charge in [-0.25, -0.2) is 18.5 Å². The van der Waals surface area contributed by atoms with E-state index < -0.39 is 10.0 Å². The summed E-state index contributed by atoms with van der Waals surface area (Å²) < 4.78 is 22.5. The molecule has 0 fully saturated rings. The van der Waals surface area contributed by atoms with Crippen LogP contribution in [0.4, 0.5) is 0 Å². The first-order valence-corrected chi connectivity index (χ1v) is 6.66. The molecular formula is C10H10ClN3O2S. The van der Waals surface area contributed by atoms with Crippen molar-refractivity contribution in [1.82, 2.24) is 9.97 Å². The highest BCUT2D eigenvalue weighted by Crippen LogP contribution is 2.21. The summed E-state index contributed by atoms with van der Waals surface area (Å²) in [6, 6.07) is 6.89. The monoisotopic (exact) mass is 271 g/mol. The zero-order chi connectivity index (χ0) is 12.6. The van der Waals surface area contributed by atoms with E-state index in [4.69, 9.17) is 16.7 Å². The van der Waals surface area contributed by atoms with Crippen LogP contribution in [-0.4, -0.2) is 18.4 Å². The Kier molecular flexibility index (Phi) is 2.94. The number of primary sulfonamides is 1. The number of imidazole rings is 1. The molecule has 1 aromatic heterocycles. The van der Waals surface area contributed by atoms with Gasteiger partial charge in [0, 0.05) is 10.6 Å². The van der Waals surface area contributed by atoms with E-state index in [0.717, 1.165) is 5.56 Å². The van der Waals surface area contributed by atoms with Crippen LogP contribution in [0.25, 0.3) is 11.4 Å². The Morgan fingerprint density at radius 1 is 1.29 bits per heavy atom. The zero-order valence-electron chi connectivity index (χ0n) is 8.94. The number of aromatic amines is 1. The molecule has 3 N–H and O–H groups in total. The van der Waals surface area contributed by atoms with E-state index in [1.807, 2.05) is 0 Å². The van der Waals surface area contributed by atoms with Gasteiger partial charge in [0.25, 0.3) is 10.0 Å². The summed E-state index contributed by atoms with van der Waals surface area (Å²) in [7, 11) is -3.80. The Balaban J connectivity index is 2.52. The van der Waals surface area contributed by atoms with Gasteiger partial charge >= 0.3 is 0 Å². The van der Waals surface area contributed by atoms with Crippen LogP contribution in [0.5, 0.6) is 0 Å². The summed E-state index contributed by atoms with van der Waals surface area (Å²) in [6.45, 7) is 1.60. The normalized spacial score (nSPS) is 11.7. The van der Waals surface area contributed by atoms with Gasteiger partial charge < -0.3 is 4.98 Å². The zero-order valence-corrected chi connectivity index (χ0v) is 10.5. The van der Waals surface area contributed by atoms with Crippen molar-refractivity contribution in [3.63, 3.8) is 0 Å². The molecule has 5 nitrogen and oxygen atoms in total. The van der Waals surface area contributed by atoms with Gasteiger partial charge in [0.2, 0.25) is 0 Å². The molecule has 0 aliphatic carbocycles. The predicted octanol–water partition coefficient (Wildman–Crippen LogP) is 1.69. The quantitative estimate of drug-likeness (QED) is 0.871. The number of sulfonamides is 1. The average molecular weight is 272 g/mol. The van der Waals surface area contributed by atoms with E-state index in [-0.39, 0.29) is 5.03 Å². The van der Waals surface area contributed by atoms with Crippen LogP contribution in [0.2, 0.25) is 5.02 Å². The molecule has 0 saturated heterocycles. The molecule has 0 aliphatic heterocycles. The summed E-state index contributed by atoms with van der Waals surface area (Å²) >= 11 is 5.76. The van der Waals surface area contributed by atoms with E-state index >= 15 is 0 Å². The molecule has 1 heterocycles. The van der Waals surface area contributed by atoms with Crippen LogP contribution in [-0.2, 0) is 10.0 Å². The molecule has 0 radical (unpaired) electrons. The molecule has 0 unspecified atom stereocenters. The minimum Gasteiger partial charge on any atom is -0.341 e. The molecule has 0 aliphatic rings. The van der Waals surface area contributed by atoms with Gasteiger partial charge in [-0.2, -0.15) is 0 Å². The number of hydrogen-bond donors (Lipinski definition) is 2. The van der Waals surface area contributed by atoms with Crippen molar-refractivity contribution in [2.24, 2.45) is 5.14 Å². The molecule has 2 aromatic rings. The SMILES string of the molecule is Cc1[nH]c(-c2ccc(Cl)cc2)nc1S(N)(=O)=O. The Hall–Kier alpha value is -1.37. The van der Waals surface area contributed by atoms with Gasteiger partial charge in [-0.1, -0.05) is 11.6 Å². The highest BCUT2D eigenvalue weighted by atomic mass is 35.5. The van der Waals surface area contributed by atoms with Gasteiger partial charge in [0.15, 0.2) is 5.03 Å². The maximum Gasteiger partial charge on any atom is 0.257 e. The molecule has 0 saturated carbocycles. The van der Waals surface area contributed by atoms with Gasteiger partial charge in [-0.3, -0.25) is 0 Å². The molecule has 2 rings (SSSR count). The number of nitrogens with two attached hydrogens (primary N) is 1. The summed E-state index contributed by atoms with van der Waals surface area (Å²) in [5.41, 5.74) is 1.16. The van der Waals surface area contributed by atoms with Crippen molar-refractivity contribution in [3.8, 4) is 11.4 Å². The maximum absolute atomic E-state index is 11.2. The minimum absolute atomic E-state index is 0.137. The van der Waals surface area contributed by atoms with Crippen molar-refractivity contribution in [1.29, 1.82) is 0 Å². The van der Waals surface area contributed by atoms with E-state index in [9.17, 15) is 8.42 Å². The van der Waals surface area contributed by atoms with Crippen LogP contribution in [0.1, 0.15) is 5.69 Å². The second-order valence-corrected chi connectivity index (χ2v) is 5.48. The summed E-state index contributed by atoms with van der Waals surface area (Å²) in [4.78, 5) is 6.84. The fourth-order valence-corrected chi connectivity index (χ4v) is 2.29. The Labute approximate surface area is 104 Å². The Morgan fingerprint density at radius 3 is 2.35 bits per heavy atom. The number of benzene rings is 1. The lowest BCUT2D eigenvalue weighted by Gasteiger charge is -1.95. The third-order valence-electron chi connectivity index (χ3n) is 2.23. The van der Waals surface area contributed by atoms with Crippen LogP contribution in [0.3, 0.4) is 0 Å². The minimum atomic E-state index is -3.80. The largest absolute Gasteiger partial charge is 0.341 e. The smallest absolute Gasteiger partial charge is 0.257 e. The van der Waals surface area contributed by atoms with Crippen LogP contribution < -0.4 is 5.14 Å². The Morgan fingerprint density at radius 2 is 1.88 bits per heavy atom. The van der Waals surface area contributed by atoms with E-state index in [1.165, 1.54) is 0 Å². The molecule has 0 amide bonds. The summed E-state index contributed by atoms with van der Waals surface area (Å²) in [6.07, 6.45) is 0. The molecule has 17 heavy (non-hydrogen) atoms. The first-order chi connectivity index (χ1) is 7.88. The molecule has 7 heteroatoms. The number of aryl methyl sites for hydroxylation is 1. The fraction of sp³-hybridized carbons (Fsp3) is 0.100. The number of rotatable bonds is 2. The third-order valence-corrected chi connectivity index (χ3v) is 3.42. The van der Waals surface area contributed by atoms with E-state index in [0.29, 0.717) is 16.5 Å². The van der Waals surface area contributed by atoms with Crippen molar-refractivity contribution in [2.45, 2.75) is 11.9 Å². The summed E-state index contributed by atoms with van der Waals surface area (Å²) in [5.74, 6) is 0.447. The number of aromatic nitrogens is 2. The van der Waals surface area contributed by atoms with Crippen molar-refractivity contribution >= 4 is 21.6 Å². The maximum atomic E-state index is 11.2. The first kappa shape index (κ1) is 12.1. The second kappa shape index (κ2) is 4.14. The van der Waals surface area contributed by atoms with Gasteiger partial charge in [-0.15, -0.1) is 0 Å². The number of nitrogens with one attached hydrogen (secondary N) is 1. The molecule has 0 atom stereocenters. The van der Waals surface area contributed by atoms with Crippen molar-refractivity contribution in [3.05, 3.63) is 35.0 Å². The topological polar surface area (TPSA) is 88.8 Å². The van der Waals surface area contributed by atoms with Crippen LogP contribution in [0, 0.1) is 6.92 Å². The number of hydrogen-bond acceptors (Lipinski definition) is 3. The highest BCUT2D eigenvalue weighted by molar-refractivity contribution is 7.89. The molecule has 1 aromatic carbocycles.